The maximum Gasteiger partial charge on any atom is 0.233 e. The molecule has 0 radical (unpaired) electrons. The van der Waals surface area contributed by atoms with Gasteiger partial charge in [-0.3, -0.25) is 9.69 Å². The third-order valence-electron chi connectivity index (χ3n) is 2.34. The summed E-state index contributed by atoms with van der Waals surface area (Å²) in [5, 5.41) is 2.64. The lowest BCUT2D eigenvalue weighted by Gasteiger charge is -2.27. The Hall–Kier alpha value is -0.610. The summed E-state index contributed by atoms with van der Waals surface area (Å²) in [5.41, 5.74) is 5.50. The Morgan fingerprint density at radius 2 is 2.21 bits per heavy atom. The van der Waals surface area contributed by atoms with E-state index in [-0.39, 0.29) is 5.91 Å². The highest BCUT2D eigenvalue weighted by Gasteiger charge is 2.14. The predicted molar refractivity (Wildman–Crippen MR) is 59.1 cm³/mol. The van der Waals surface area contributed by atoms with Crippen molar-refractivity contribution >= 4 is 5.91 Å². The number of rotatable bonds is 7. The quantitative estimate of drug-likeness (QED) is 0.618. The van der Waals surface area contributed by atoms with Gasteiger partial charge in [-0.15, -0.1) is 0 Å². The van der Waals surface area contributed by atoms with Crippen LogP contribution in [0.15, 0.2) is 0 Å². The summed E-state index contributed by atoms with van der Waals surface area (Å²) in [6, 6.07) is 0.386. The number of nitrogens with zero attached hydrogens (tertiary/aromatic N) is 1. The molecule has 0 spiro atoms. The lowest BCUT2D eigenvalue weighted by Crippen LogP contribution is -2.42. The van der Waals surface area contributed by atoms with Gasteiger partial charge in [0.25, 0.3) is 0 Å². The lowest BCUT2D eigenvalue weighted by atomic mass is 10.2. The fraction of sp³-hybridized carbons (Fsp3) is 0.900. The van der Waals surface area contributed by atoms with Crippen LogP contribution in [-0.4, -0.2) is 43.5 Å². The van der Waals surface area contributed by atoms with Crippen LogP contribution in [0.1, 0.15) is 26.7 Å². The van der Waals surface area contributed by atoms with Crippen molar-refractivity contribution in [3.8, 4) is 0 Å². The first-order chi connectivity index (χ1) is 6.65. The highest BCUT2D eigenvalue weighted by atomic mass is 16.1. The monoisotopic (exact) mass is 201 g/mol. The van der Waals surface area contributed by atoms with Crippen molar-refractivity contribution < 1.29 is 4.79 Å². The molecule has 0 aliphatic heterocycles. The second-order valence-corrected chi connectivity index (χ2v) is 3.57. The maximum atomic E-state index is 11.2. The van der Waals surface area contributed by atoms with Crippen LogP contribution >= 0.6 is 0 Å². The molecular formula is C10H23N3O. The number of hydrogen-bond acceptors (Lipinski definition) is 3. The molecule has 0 fully saturated rings. The second-order valence-electron chi connectivity index (χ2n) is 3.57. The van der Waals surface area contributed by atoms with E-state index in [1.54, 1.807) is 7.05 Å². The third kappa shape index (κ3) is 5.19. The molecule has 1 atom stereocenters. The molecule has 0 rings (SSSR count). The summed E-state index contributed by atoms with van der Waals surface area (Å²) in [4.78, 5) is 13.4. The molecule has 0 aliphatic carbocycles. The van der Waals surface area contributed by atoms with Gasteiger partial charge in [0.2, 0.25) is 5.91 Å². The van der Waals surface area contributed by atoms with Crippen molar-refractivity contribution in [2.45, 2.75) is 32.7 Å². The van der Waals surface area contributed by atoms with Crippen molar-refractivity contribution in [2.24, 2.45) is 5.73 Å². The Balaban J connectivity index is 4.05. The Bertz CT molecular complexity index is 161. The fourth-order valence-electron chi connectivity index (χ4n) is 1.43. The van der Waals surface area contributed by atoms with E-state index in [1.807, 2.05) is 0 Å². The van der Waals surface area contributed by atoms with Crippen molar-refractivity contribution in [3.05, 3.63) is 0 Å². The first-order valence-electron chi connectivity index (χ1n) is 5.30. The highest BCUT2D eigenvalue weighted by Crippen LogP contribution is 2.03. The van der Waals surface area contributed by atoms with Crippen LogP contribution in [0.25, 0.3) is 0 Å². The molecule has 0 aromatic heterocycles. The number of likely N-dealkylation sites (N-methyl/N-ethyl adjacent to an activating group) is 1. The van der Waals surface area contributed by atoms with Crippen LogP contribution in [0.4, 0.5) is 0 Å². The molecule has 0 heterocycles. The maximum absolute atomic E-state index is 11.2. The van der Waals surface area contributed by atoms with E-state index in [2.05, 4.69) is 24.1 Å². The minimum atomic E-state index is 0.0716. The molecular weight excluding hydrogens is 178 g/mol. The van der Waals surface area contributed by atoms with E-state index in [9.17, 15) is 4.79 Å². The summed E-state index contributed by atoms with van der Waals surface area (Å²) < 4.78 is 0. The van der Waals surface area contributed by atoms with Gasteiger partial charge in [-0.1, -0.05) is 6.92 Å². The Morgan fingerprint density at radius 1 is 1.57 bits per heavy atom. The SMILES string of the molecule is CCCN(CC(=O)NC)C(C)CCN. The van der Waals surface area contributed by atoms with Gasteiger partial charge in [-0.25, -0.2) is 0 Å². The number of amides is 1. The van der Waals surface area contributed by atoms with Crippen molar-refractivity contribution in [3.63, 3.8) is 0 Å². The van der Waals surface area contributed by atoms with E-state index in [0.717, 1.165) is 19.4 Å². The summed E-state index contributed by atoms with van der Waals surface area (Å²) >= 11 is 0. The molecule has 0 aliphatic rings. The van der Waals surface area contributed by atoms with Gasteiger partial charge in [0, 0.05) is 13.1 Å². The first kappa shape index (κ1) is 13.4. The Kier molecular flexibility index (Phi) is 7.42. The third-order valence-corrected chi connectivity index (χ3v) is 2.34. The van der Waals surface area contributed by atoms with Gasteiger partial charge < -0.3 is 11.1 Å². The van der Waals surface area contributed by atoms with Gasteiger partial charge in [0.1, 0.15) is 0 Å². The van der Waals surface area contributed by atoms with Gasteiger partial charge >= 0.3 is 0 Å². The van der Waals surface area contributed by atoms with Crippen LogP contribution in [0, 0.1) is 0 Å². The first-order valence-corrected chi connectivity index (χ1v) is 5.30. The molecule has 0 aromatic carbocycles. The van der Waals surface area contributed by atoms with Gasteiger partial charge in [-0.2, -0.15) is 0 Å². The van der Waals surface area contributed by atoms with E-state index in [0.29, 0.717) is 19.1 Å². The molecule has 4 nitrogen and oxygen atoms in total. The van der Waals surface area contributed by atoms with Gasteiger partial charge in [0.15, 0.2) is 0 Å². The number of nitrogens with one attached hydrogen (secondary N) is 1. The van der Waals surface area contributed by atoms with Crippen LogP contribution < -0.4 is 11.1 Å². The van der Waals surface area contributed by atoms with Crippen molar-refractivity contribution in [1.82, 2.24) is 10.2 Å². The second kappa shape index (κ2) is 7.76. The Morgan fingerprint density at radius 3 is 2.64 bits per heavy atom. The smallest absolute Gasteiger partial charge is 0.233 e. The summed E-state index contributed by atoms with van der Waals surface area (Å²) in [6.45, 7) is 6.34. The van der Waals surface area contributed by atoms with Crippen LogP contribution in [-0.2, 0) is 4.79 Å². The molecule has 84 valence electrons. The molecule has 3 N–H and O–H groups in total. The summed E-state index contributed by atoms with van der Waals surface area (Å²) in [6.07, 6.45) is 2.00. The van der Waals surface area contributed by atoms with E-state index in [1.165, 1.54) is 0 Å². The minimum Gasteiger partial charge on any atom is -0.358 e. The molecule has 4 heteroatoms. The average Bonchev–Trinajstić information content (AvgIpc) is 2.17. The zero-order chi connectivity index (χ0) is 11.0. The van der Waals surface area contributed by atoms with E-state index >= 15 is 0 Å². The number of carbonyl (C=O) groups is 1. The zero-order valence-electron chi connectivity index (χ0n) is 9.55. The molecule has 14 heavy (non-hydrogen) atoms. The fourth-order valence-corrected chi connectivity index (χ4v) is 1.43. The molecule has 1 amide bonds. The van der Waals surface area contributed by atoms with Gasteiger partial charge in [0.05, 0.1) is 6.54 Å². The number of hydrogen-bond donors (Lipinski definition) is 2. The molecule has 0 saturated heterocycles. The van der Waals surface area contributed by atoms with Crippen LogP contribution in [0.3, 0.4) is 0 Å². The molecule has 0 aromatic rings. The van der Waals surface area contributed by atoms with Crippen LogP contribution in [0.5, 0.6) is 0 Å². The summed E-state index contributed by atoms with van der Waals surface area (Å²) in [7, 11) is 1.67. The minimum absolute atomic E-state index is 0.0716. The largest absolute Gasteiger partial charge is 0.358 e. The van der Waals surface area contributed by atoms with Crippen molar-refractivity contribution in [1.29, 1.82) is 0 Å². The average molecular weight is 201 g/mol. The predicted octanol–water partition coefficient (Wildman–Crippen LogP) is 0.182. The normalized spacial score (nSPS) is 12.9. The zero-order valence-corrected chi connectivity index (χ0v) is 9.55. The highest BCUT2D eigenvalue weighted by molar-refractivity contribution is 5.77. The lowest BCUT2D eigenvalue weighted by molar-refractivity contribution is -0.122. The number of nitrogens with two attached hydrogens (primary N) is 1. The topological polar surface area (TPSA) is 58.4 Å². The Labute approximate surface area is 86.8 Å². The van der Waals surface area contributed by atoms with Crippen LogP contribution in [0.2, 0.25) is 0 Å². The van der Waals surface area contributed by atoms with Crippen molar-refractivity contribution in [2.75, 3.05) is 26.7 Å². The standard InChI is InChI=1S/C10H23N3O/c1-4-7-13(8-10(14)12-3)9(2)5-6-11/h9H,4-8,11H2,1-3H3,(H,12,14). The molecule has 1 unspecified atom stereocenters. The van der Waals surface area contributed by atoms with E-state index in [4.69, 9.17) is 5.73 Å². The number of carbonyl (C=O) groups excluding carboxylic acids is 1. The van der Waals surface area contributed by atoms with Gasteiger partial charge in [-0.05, 0) is 32.9 Å². The van der Waals surface area contributed by atoms with E-state index < -0.39 is 0 Å². The molecule has 0 bridgehead atoms. The molecule has 0 saturated carbocycles. The summed E-state index contributed by atoms with van der Waals surface area (Å²) in [5.74, 6) is 0.0716.